The summed E-state index contributed by atoms with van der Waals surface area (Å²) in [5.41, 5.74) is 2.16. The highest BCUT2D eigenvalue weighted by atomic mass is 16.5. The van der Waals surface area contributed by atoms with E-state index in [0.29, 0.717) is 5.92 Å². The second-order valence-electron chi connectivity index (χ2n) is 7.02. The van der Waals surface area contributed by atoms with Gasteiger partial charge in [0.15, 0.2) is 0 Å². The molecule has 4 nitrogen and oxygen atoms in total. The van der Waals surface area contributed by atoms with Crippen LogP contribution in [0.15, 0.2) is 78.9 Å². The van der Waals surface area contributed by atoms with Gasteiger partial charge in [0.1, 0.15) is 17.2 Å². The first-order chi connectivity index (χ1) is 13.7. The molecule has 3 aromatic rings. The van der Waals surface area contributed by atoms with Crippen LogP contribution in [-0.4, -0.2) is 19.7 Å². The summed E-state index contributed by atoms with van der Waals surface area (Å²) in [7, 11) is 0. The van der Waals surface area contributed by atoms with Gasteiger partial charge >= 0.3 is 0 Å². The first-order valence-corrected chi connectivity index (χ1v) is 9.72. The highest BCUT2D eigenvalue weighted by Crippen LogP contribution is 2.22. The maximum atomic E-state index is 5.81. The summed E-state index contributed by atoms with van der Waals surface area (Å²) in [5, 5.41) is 6.82. The van der Waals surface area contributed by atoms with Crippen LogP contribution >= 0.6 is 0 Å². The summed E-state index contributed by atoms with van der Waals surface area (Å²) < 4.78 is 11.5. The maximum Gasteiger partial charge on any atom is 0.127 e. The van der Waals surface area contributed by atoms with Gasteiger partial charge in [0, 0.05) is 24.5 Å². The molecule has 4 heteroatoms. The molecule has 0 spiro atoms. The molecule has 0 aliphatic carbocycles. The summed E-state index contributed by atoms with van der Waals surface area (Å²) in [5.74, 6) is 3.11. The number of hydrogen-bond donors (Lipinski definition) is 2. The third-order valence-electron chi connectivity index (χ3n) is 4.05. The first kappa shape index (κ1) is 19.6. The van der Waals surface area contributed by atoms with Gasteiger partial charge in [-0.2, -0.15) is 0 Å². The van der Waals surface area contributed by atoms with Gasteiger partial charge in [-0.05, 0) is 66.6 Å². The van der Waals surface area contributed by atoms with E-state index in [1.54, 1.807) is 0 Å². The quantitative estimate of drug-likeness (QED) is 0.424. The van der Waals surface area contributed by atoms with E-state index < -0.39 is 0 Å². The van der Waals surface area contributed by atoms with Crippen molar-refractivity contribution in [2.75, 3.05) is 30.3 Å². The SMILES string of the molecule is CC(C)COc1ccc(NCCNc2ccc(Oc3ccccc3)cc2)cc1. The summed E-state index contributed by atoms with van der Waals surface area (Å²) in [6, 6.07) is 25.9. The van der Waals surface area contributed by atoms with Crippen LogP contribution in [0.25, 0.3) is 0 Å². The highest BCUT2D eigenvalue weighted by molar-refractivity contribution is 5.49. The fraction of sp³-hybridized carbons (Fsp3) is 0.250. The van der Waals surface area contributed by atoms with E-state index in [1.165, 1.54) is 0 Å². The predicted octanol–water partition coefficient (Wildman–Crippen LogP) is 6.04. The Morgan fingerprint density at radius 3 is 1.68 bits per heavy atom. The van der Waals surface area contributed by atoms with Crippen molar-refractivity contribution >= 4 is 11.4 Å². The molecule has 0 radical (unpaired) electrons. The Morgan fingerprint density at radius 1 is 0.643 bits per heavy atom. The number of para-hydroxylation sites is 1. The van der Waals surface area contributed by atoms with Crippen LogP contribution in [0.2, 0.25) is 0 Å². The Balaban J connectivity index is 1.38. The lowest BCUT2D eigenvalue weighted by atomic mass is 10.2. The Hall–Kier alpha value is -3.14. The second kappa shape index (κ2) is 10.3. The van der Waals surface area contributed by atoms with Gasteiger partial charge in [0.2, 0.25) is 0 Å². The molecule has 3 rings (SSSR count). The lowest BCUT2D eigenvalue weighted by Gasteiger charge is -2.11. The summed E-state index contributed by atoms with van der Waals surface area (Å²) in [6.45, 7) is 6.68. The van der Waals surface area contributed by atoms with Crippen molar-refractivity contribution in [3.63, 3.8) is 0 Å². The van der Waals surface area contributed by atoms with Gasteiger partial charge < -0.3 is 20.1 Å². The monoisotopic (exact) mass is 376 g/mol. The van der Waals surface area contributed by atoms with Gasteiger partial charge in [-0.25, -0.2) is 0 Å². The molecule has 0 amide bonds. The molecule has 2 N–H and O–H groups in total. The maximum absolute atomic E-state index is 5.81. The molecule has 0 atom stereocenters. The van der Waals surface area contributed by atoms with Crippen LogP contribution in [0.4, 0.5) is 11.4 Å². The van der Waals surface area contributed by atoms with E-state index >= 15 is 0 Å². The molecular weight excluding hydrogens is 348 g/mol. The molecule has 3 aromatic carbocycles. The molecule has 0 saturated heterocycles. The Morgan fingerprint density at radius 2 is 1.14 bits per heavy atom. The average Bonchev–Trinajstić information content (AvgIpc) is 2.72. The smallest absolute Gasteiger partial charge is 0.127 e. The van der Waals surface area contributed by atoms with Gasteiger partial charge in [-0.1, -0.05) is 32.0 Å². The molecule has 0 aromatic heterocycles. The van der Waals surface area contributed by atoms with Crippen LogP contribution in [0.5, 0.6) is 17.2 Å². The van der Waals surface area contributed by atoms with E-state index in [-0.39, 0.29) is 0 Å². The van der Waals surface area contributed by atoms with Gasteiger partial charge in [0.05, 0.1) is 6.61 Å². The first-order valence-electron chi connectivity index (χ1n) is 9.72. The largest absolute Gasteiger partial charge is 0.493 e. The molecule has 0 unspecified atom stereocenters. The lowest BCUT2D eigenvalue weighted by molar-refractivity contribution is 0.271. The topological polar surface area (TPSA) is 42.5 Å². The second-order valence-corrected chi connectivity index (χ2v) is 7.02. The molecule has 28 heavy (non-hydrogen) atoms. The number of rotatable bonds is 10. The lowest BCUT2D eigenvalue weighted by Crippen LogP contribution is -2.13. The fourth-order valence-corrected chi connectivity index (χ4v) is 2.61. The molecule has 146 valence electrons. The zero-order valence-corrected chi connectivity index (χ0v) is 16.5. The number of benzene rings is 3. The van der Waals surface area contributed by atoms with Crippen LogP contribution in [0.3, 0.4) is 0 Å². The average molecular weight is 376 g/mol. The molecule has 0 heterocycles. The fourth-order valence-electron chi connectivity index (χ4n) is 2.61. The van der Waals surface area contributed by atoms with Gasteiger partial charge in [0.25, 0.3) is 0 Å². The highest BCUT2D eigenvalue weighted by Gasteiger charge is 1.99. The van der Waals surface area contributed by atoms with Gasteiger partial charge in [-0.3, -0.25) is 0 Å². The van der Waals surface area contributed by atoms with Crippen molar-refractivity contribution in [3.8, 4) is 17.2 Å². The zero-order chi connectivity index (χ0) is 19.6. The van der Waals surface area contributed by atoms with Crippen LogP contribution in [0, 0.1) is 5.92 Å². The summed E-state index contributed by atoms with van der Waals surface area (Å²) in [6.07, 6.45) is 0. The van der Waals surface area contributed by atoms with Crippen molar-refractivity contribution in [3.05, 3.63) is 78.9 Å². The van der Waals surface area contributed by atoms with Crippen molar-refractivity contribution < 1.29 is 9.47 Å². The molecule has 0 aliphatic rings. The third-order valence-corrected chi connectivity index (χ3v) is 4.05. The van der Waals surface area contributed by atoms with Crippen LogP contribution in [0.1, 0.15) is 13.8 Å². The standard InChI is InChI=1S/C24H28N2O2/c1-19(2)18-27-22-12-8-20(9-13-22)25-16-17-26-21-10-14-24(15-11-21)28-23-6-4-3-5-7-23/h3-15,19,25-26H,16-18H2,1-2H3. The van der Waals surface area contributed by atoms with E-state index in [4.69, 9.17) is 9.47 Å². The van der Waals surface area contributed by atoms with E-state index in [2.05, 4.69) is 24.5 Å². The zero-order valence-electron chi connectivity index (χ0n) is 16.5. The van der Waals surface area contributed by atoms with Crippen LogP contribution < -0.4 is 20.1 Å². The Kier molecular flexibility index (Phi) is 7.19. The Bertz CT molecular complexity index is 815. The number of ether oxygens (including phenoxy) is 2. The van der Waals surface area contributed by atoms with E-state index in [9.17, 15) is 0 Å². The van der Waals surface area contributed by atoms with Crippen molar-refractivity contribution in [1.82, 2.24) is 0 Å². The van der Waals surface area contributed by atoms with E-state index in [0.717, 1.165) is 48.3 Å². The normalized spacial score (nSPS) is 10.5. The van der Waals surface area contributed by atoms with E-state index in [1.807, 2.05) is 78.9 Å². The minimum Gasteiger partial charge on any atom is -0.493 e. The van der Waals surface area contributed by atoms with Crippen molar-refractivity contribution in [2.45, 2.75) is 13.8 Å². The van der Waals surface area contributed by atoms with Crippen molar-refractivity contribution in [1.29, 1.82) is 0 Å². The minimum atomic E-state index is 0.530. The molecule has 0 aliphatic heterocycles. The van der Waals surface area contributed by atoms with Crippen molar-refractivity contribution in [2.24, 2.45) is 5.92 Å². The minimum absolute atomic E-state index is 0.530. The molecule has 0 fully saturated rings. The summed E-state index contributed by atoms with van der Waals surface area (Å²) >= 11 is 0. The molecular formula is C24H28N2O2. The number of hydrogen-bond acceptors (Lipinski definition) is 4. The third kappa shape index (κ3) is 6.54. The summed E-state index contributed by atoms with van der Waals surface area (Å²) in [4.78, 5) is 0. The number of nitrogens with one attached hydrogen (secondary N) is 2. The Labute approximate surface area is 167 Å². The molecule has 0 bridgehead atoms. The number of anilines is 2. The van der Waals surface area contributed by atoms with Crippen LogP contribution in [-0.2, 0) is 0 Å². The molecule has 0 saturated carbocycles. The van der Waals surface area contributed by atoms with Gasteiger partial charge in [-0.15, -0.1) is 0 Å². The predicted molar refractivity (Wildman–Crippen MR) is 117 cm³/mol.